The van der Waals surface area contributed by atoms with Crippen LogP contribution in [0.1, 0.15) is 39.4 Å². The van der Waals surface area contributed by atoms with Gasteiger partial charge in [0.25, 0.3) is 10.0 Å². The summed E-state index contributed by atoms with van der Waals surface area (Å²) in [4.78, 5) is 0. The standard InChI is InChI=1S/C13H24N2O4S/c1-13(2,3)14-10-11-6-7-12(19-11)20(17,18)15-8-4-5-9-16/h6-7,14-16H,4-5,8-10H2,1-3H3. The van der Waals surface area contributed by atoms with E-state index in [1.807, 2.05) is 20.8 Å². The Balaban J connectivity index is 2.56. The van der Waals surface area contributed by atoms with Crippen molar-refractivity contribution >= 4 is 10.0 Å². The van der Waals surface area contributed by atoms with Crippen molar-refractivity contribution in [1.29, 1.82) is 0 Å². The van der Waals surface area contributed by atoms with Crippen LogP contribution in [0.25, 0.3) is 0 Å². The topological polar surface area (TPSA) is 91.6 Å². The van der Waals surface area contributed by atoms with Crippen LogP contribution < -0.4 is 10.0 Å². The van der Waals surface area contributed by atoms with Crippen LogP contribution >= 0.6 is 0 Å². The summed E-state index contributed by atoms with van der Waals surface area (Å²) in [5.41, 5.74) is -0.0611. The van der Waals surface area contributed by atoms with Gasteiger partial charge in [-0.1, -0.05) is 0 Å². The molecule has 0 spiro atoms. The Bertz CT molecular complexity index is 503. The second kappa shape index (κ2) is 7.21. The maximum Gasteiger partial charge on any atom is 0.273 e. The fourth-order valence-corrected chi connectivity index (χ4v) is 2.48. The van der Waals surface area contributed by atoms with Crippen molar-refractivity contribution in [3.05, 3.63) is 17.9 Å². The molecular formula is C13H24N2O4S. The van der Waals surface area contributed by atoms with E-state index in [0.29, 0.717) is 31.7 Å². The maximum absolute atomic E-state index is 11.9. The predicted octanol–water partition coefficient (Wildman–Crippen LogP) is 1.22. The summed E-state index contributed by atoms with van der Waals surface area (Å²) in [5, 5.41) is 11.8. The first-order valence-electron chi connectivity index (χ1n) is 6.69. The van der Waals surface area contributed by atoms with Gasteiger partial charge < -0.3 is 14.8 Å². The van der Waals surface area contributed by atoms with Gasteiger partial charge in [-0.25, -0.2) is 13.1 Å². The highest BCUT2D eigenvalue weighted by Crippen LogP contribution is 2.14. The molecule has 0 unspecified atom stereocenters. The van der Waals surface area contributed by atoms with Crippen molar-refractivity contribution in [2.45, 2.75) is 50.8 Å². The minimum atomic E-state index is -3.60. The van der Waals surface area contributed by atoms with Crippen LogP contribution in [-0.2, 0) is 16.6 Å². The van der Waals surface area contributed by atoms with Gasteiger partial charge >= 0.3 is 0 Å². The summed E-state index contributed by atoms with van der Waals surface area (Å²) in [5.74, 6) is 0.579. The molecule has 7 heteroatoms. The van der Waals surface area contributed by atoms with Crippen molar-refractivity contribution in [3.63, 3.8) is 0 Å². The highest BCUT2D eigenvalue weighted by atomic mass is 32.2. The highest BCUT2D eigenvalue weighted by Gasteiger charge is 2.18. The first-order valence-corrected chi connectivity index (χ1v) is 8.17. The SMILES string of the molecule is CC(C)(C)NCc1ccc(S(=O)(=O)NCCCCO)o1. The molecule has 0 aromatic carbocycles. The van der Waals surface area contributed by atoms with E-state index in [-0.39, 0.29) is 17.2 Å². The van der Waals surface area contributed by atoms with Gasteiger partial charge in [-0.2, -0.15) is 0 Å². The molecule has 6 nitrogen and oxygen atoms in total. The lowest BCUT2D eigenvalue weighted by atomic mass is 10.1. The van der Waals surface area contributed by atoms with Gasteiger partial charge in [-0.3, -0.25) is 0 Å². The Labute approximate surface area is 120 Å². The Kier molecular flexibility index (Phi) is 6.19. The molecule has 0 aliphatic rings. The number of furan rings is 1. The van der Waals surface area contributed by atoms with Gasteiger partial charge in [-0.05, 0) is 45.7 Å². The number of aliphatic hydroxyl groups excluding tert-OH is 1. The zero-order chi connectivity index (χ0) is 15.2. The van der Waals surface area contributed by atoms with Gasteiger partial charge in [-0.15, -0.1) is 0 Å². The molecule has 0 amide bonds. The number of sulfonamides is 1. The Morgan fingerprint density at radius 1 is 1.25 bits per heavy atom. The Morgan fingerprint density at radius 3 is 2.55 bits per heavy atom. The summed E-state index contributed by atoms with van der Waals surface area (Å²) >= 11 is 0. The first kappa shape index (κ1) is 17.2. The molecule has 1 heterocycles. The smallest absolute Gasteiger partial charge is 0.273 e. The van der Waals surface area contributed by atoms with E-state index in [2.05, 4.69) is 10.0 Å². The van der Waals surface area contributed by atoms with Gasteiger partial charge in [0.15, 0.2) is 0 Å². The maximum atomic E-state index is 11.9. The molecule has 1 rings (SSSR count). The van der Waals surface area contributed by atoms with E-state index in [1.165, 1.54) is 6.07 Å². The van der Waals surface area contributed by atoms with Crippen LogP contribution in [0.3, 0.4) is 0 Å². The van der Waals surface area contributed by atoms with E-state index in [0.717, 1.165) is 0 Å². The van der Waals surface area contributed by atoms with E-state index in [9.17, 15) is 8.42 Å². The van der Waals surface area contributed by atoms with Crippen molar-refractivity contribution in [2.75, 3.05) is 13.2 Å². The molecule has 0 saturated carbocycles. The summed E-state index contributed by atoms with van der Waals surface area (Å²) in [6.45, 7) is 6.90. The zero-order valence-corrected chi connectivity index (χ0v) is 13.1. The summed E-state index contributed by atoms with van der Waals surface area (Å²) in [6.07, 6.45) is 1.16. The van der Waals surface area contributed by atoms with E-state index in [1.54, 1.807) is 6.07 Å². The van der Waals surface area contributed by atoms with Crippen molar-refractivity contribution in [1.82, 2.24) is 10.0 Å². The van der Waals surface area contributed by atoms with Crippen molar-refractivity contribution in [3.8, 4) is 0 Å². The van der Waals surface area contributed by atoms with Crippen LogP contribution in [0.4, 0.5) is 0 Å². The fraction of sp³-hybridized carbons (Fsp3) is 0.692. The van der Waals surface area contributed by atoms with Gasteiger partial charge in [0.1, 0.15) is 5.76 Å². The summed E-state index contributed by atoms with van der Waals surface area (Å²) < 4.78 is 31.6. The first-order chi connectivity index (χ1) is 9.24. The number of unbranched alkanes of at least 4 members (excludes halogenated alkanes) is 1. The van der Waals surface area contributed by atoms with Crippen LogP contribution in [0, 0.1) is 0 Å². The zero-order valence-electron chi connectivity index (χ0n) is 12.3. The van der Waals surface area contributed by atoms with Crippen molar-refractivity contribution < 1.29 is 17.9 Å². The monoisotopic (exact) mass is 304 g/mol. The molecule has 0 aliphatic carbocycles. The molecule has 20 heavy (non-hydrogen) atoms. The molecule has 0 bridgehead atoms. The van der Waals surface area contributed by atoms with Crippen LogP contribution in [-0.4, -0.2) is 32.2 Å². The van der Waals surface area contributed by atoms with Gasteiger partial charge in [0, 0.05) is 18.7 Å². The molecule has 0 aliphatic heterocycles. The highest BCUT2D eigenvalue weighted by molar-refractivity contribution is 7.89. The molecule has 1 aromatic heterocycles. The quantitative estimate of drug-likeness (QED) is 0.628. The Morgan fingerprint density at radius 2 is 1.95 bits per heavy atom. The normalized spacial score (nSPS) is 12.8. The van der Waals surface area contributed by atoms with Gasteiger partial charge in [0.2, 0.25) is 5.09 Å². The summed E-state index contributed by atoms with van der Waals surface area (Å²) in [6, 6.07) is 3.11. The molecule has 0 atom stereocenters. The molecule has 3 N–H and O–H groups in total. The Hall–Kier alpha value is -0.890. The average Bonchev–Trinajstić information content (AvgIpc) is 2.81. The molecule has 1 aromatic rings. The molecule has 0 fully saturated rings. The van der Waals surface area contributed by atoms with Crippen molar-refractivity contribution in [2.24, 2.45) is 0 Å². The summed E-state index contributed by atoms with van der Waals surface area (Å²) in [7, 11) is -3.60. The third kappa shape index (κ3) is 6.04. The van der Waals surface area contributed by atoms with Crippen LogP contribution in [0.2, 0.25) is 0 Å². The van der Waals surface area contributed by atoms with E-state index >= 15 is 0 Å². The molecule has 0 saturated heterocycles. The molecular weight excluding hydrogens is 280 g/mol. The lowest BCUT2D eigenvalue weighted by Crippen LogP contribution is -2.34. The number of hydrogen-bond donors (Lipinski definition) is 3. The van der Waals surface area contributed by atoms with Gasteiger partial charge in [0.05, 0.1) is 6.54 Å². The molecule has 0 radical (unpaired) electrons. The minimum absolute atomic E-state index is 0.0606. The van der Waals surface area contributed by atoms with E-state index in [4.69, 9.17) is 9.52 Å². The number of aliphatic hydroxyl groups is 1. The number of rotatable bonds is 8. The minimum Gasteiger partial charge on any atom is -0.447 e. The third-order valence-corrected chi connectivity index (χ3v) is 3.91. The average molecular weight is 304 g/mol. The fourth-order valence-electron chi connectivity index (χ4n) is 1.46. The molecule has 116 valence electrons. The largest absolute Gasteiger partial charge is 0.447 e. The second-order valence-corrected chi connectivity index (χ2v) is 7.35. The third-order valence-electron chi connectivity index (χ3n) is 2.57. The lowest BCUT2D eigenvalue weighted by Gasteiger charge is -2.19. The van der Waals surface area contributed by atoms with E-state index < -0.39 is 10.0 Å². The number of nitrogens with one attached hydrogen (secondary N) is 2. The predicted molar refractivity (Wildman–Crippen MR) is 76.8 cm³/mol. The van der Waals surface area contributed by atoms with Crippen LogP contribution in [0.15, 0.2) is 21.6 Å². The number of hydrogen-bond acceptors (Lipinski definition) is 5. The van der Waals surface area contributed by atoms with Crippen LogP contribution in [0.5, 0.6) is 0 Å². The second-order valence-electron chi connectivity index (χ2n) is 5.65. The lowest BCUT2D eigenvalue weighted by molar-refractivity contribution is 0.284.